The molecule has 132 valence electrons. The number of likely N-dealkylation sites (N-methyl/N-ethyl adjacent to an activating group) is 1. The van der Waals surface area contributed by atoms with Crippen molar-refractivity contribution in [2.24, 2.45) is 0 Å². The van der Waals surface area contributed by atoms with E-state index in [1.54, 1.807) is 0 Å². The summed E-state index contributed by atoms with van der Waals surface area (Å²) in [6.45, 7) is 10.0. The first-order chi connectivity index (χ1) is 11.7. The third kappa shape index (κ3) is 3.92. The minimum Gasteiger partial charge on any atom is -0.337 e. The summed E-state index contributed by atoms with van der Waals surface area (Å²) >= 11 is 0. The Labute approximate surface area is 144 Å². The van der Waals surface area contributed by atoms with Crippen LogP contribution in [-0.2, 0) is 17.8 Å². The van der Waals surface area contributed by atoms with E-state index < -0.39 is 0 Å². The van der Waals surface area contributed by atoms with Gasteiger partial charge in [0, 0.05) is 43.7 Å². The Hall–Kier alpha value is -1.53. The van der Waals surface area contributed by atoms with Crippen molar-refractivity contribution < 1.29 is 4.79 Å². The van der Waals surface area contributed by atoms with E-state index in [1.807, 2.05) is 11.1 Å². The Bertz CT molecular complexity index is 567. The molecule has 24 heavy (non-hydrogen) atoms. The van der Waals surface area contributed by atoms with E-state index in [4.69, 9.17) is 4.98 Å². The van der Waals surface area contributed by atoms with Crippen molar-refractivity contribution in [3.63, 3.8) is 0 Å². The molecule has 1 atom stereocenters. The van der Waals surface area contributed by atoms with Gasteiger partial charge in [0.1, 0.15) is 5.82 Å². The third-order valence-electron chi connectivity index (χ3n) is 5.22. The number of amides is 1. The molecular formula is C18H29N5O. The highest BCUT2D eigenvalue weighted by Crippen LogP contribution is 2.23. The molecule has 0 unspecified atom stereocenters. The molecule has 0 aliphatic carbocycles. The van der Waals surface area contributed by atoms with Gasteiger partial charge < -0.3 is 10.2 Å². The Kier molecular flexibility index (Phi) is 5.79. The van der Waals surface area contributed by atoms with E-state index in [0.717, 1.165) is 56.2 Å². The zero-order valence-electron chi connectivity index (χ0n) is 14.9. The van der Waals surface area contributed by atoms with E-state index in [2.05, 4.69) is 29.0 Å². The molecule has 2 aliphatic heterocycles. The molecule has 6 nitrogen and oxygen atoms in total. The predicted molar refractivity (Wildman–Crippen MR) is 93.8 cm³/mol. The number of hydrogen-bond donors (Lipinski definition) is 1. The molecule has 1 aromatic rings. The van der Waals surface area contributed by atoms with Crippen molar-refractivity contribution in [2.75, 3.05) is 39.3 Å². The van der Waals surface area contributed by atoms with Gasteiger partial charge in [-0.2, -0.15) is 0 Å². The summed E-state index contributed by atoms with van der Waals surface area (Å²) in [4.78, 5) is 26.0. The number of piperidine rings is 1. The van der Waals surface area contributed by atoms with Crippen LogP contribution in [0.15, 0.2) is 6.20 Å². The lowest BCUT2D eigenvalue weighted by atomic mass is 9.98. The standard InChI is InChI=1S/C18H29N5O/c1-3-22(4-2)13-17(24)23-9-7-16-15(12-23)11-20-18(21-16)14-6-5-8-19-10-14/h11,14,19H,3-10,12-13H2,1-2H3/t14-/m0/s1. The maximum atomic E-state index is 12.5. The Morgan fingerprint density at radius 3 is 2.96 bits per heavy atom. The zero-order valence-corrected chi connectivity index (χ0v) is 14.9. The van der Waals surface area contributed by atoms with Crippen molar-refractivity contribution in [1.82, 2.24) is 25.1 Å². The smallest absolute Gasteiger partial charge is 0.237 e. The first-order valence-electron chi connectivity index (χ1n) is 9.26. The van der Waals surface area contributed by atoms with Gasteiger partial charge >= 0.3 is 0 Å². The van der Waals surface area contributed by atoms with Crippen LogP contribution in [0.5, 0.6) is 0 Å². The molecule has 1 amide bonds. The summed E-state index contributed by atoms with van der Waals surface area (Å²) in [5.74, 6) is 1.63. The van der Waals surface area contributed by atoms with E-state index in [1.165, 1.54) is 12.8 Å². The van der Waals surface area contributed by atoms with Gasteiger partial charge in [-0.15, -0.1) is 0 Å². The van der Waals surface area contributed by atoms with Crippen LogP contribution in [0.25, 0.3) is 0 Å². The summed E-state index contributed by atoms with van der Waals surface area (Å²) in [5, 5.41) is 3.43. The number of carbonyl (C=O) groups is 1. The van der Waals surface area contributed by atoms with E-state index >= 15 is 0 Å². The van der Waals surface area contributed by atoms with Crippen molar-refractivity contribution in [3.8, 4) is 0 Å². The maximum Gasteiger partial charge on any atom is 0.237 e. The van der Waals surface area contributed by atoms with Gasteiger partial charge in [-0.3, -0.25) is 9.69 Å². The van der Waals surface area contributed by atoms with Crippen molar-refractivity contribution in [3.05, 3.63) is 23.3 Å². The molecule has 0 bridgehead atoms. The van der Waals surface area contributed by atoms with Crippen LogP contribution in [0.2, 0.25) is 0 Å². The number of hydrogen-bond acceptors (Lipinski definition) is 5. The first-order valence-corrected chi connectivity index (χ1v) is 9.26. The molecule has 1 saturated heterocycles. The zero-order chi connectivity index (χ0) is 16.9. The fourth-order valence-electron chi connectivity index (χ4n) is 3.55. The molecule has 3 rings (SSSR count). The van der Waals surface area contributed by atoms with E-state index in [0.29, 0.717) is 19.0 Å². The van der Waals surface area contributed by atoms with Gasteiger partial charge in [0.15, 0.2) is 0 Å². The fraction of sp³-hybridized carbons (Fsp3) is 0.722. The average molecular weight is 331 g/mol. The van der Waals surface area contributed by atoms with E-state index in [9.17, 15) is 4.79 Å². The van der Waals surface area contributed by atoms with Crippen LogP contribution in [-0.4, -0.2) is 64.9 Å². The van der Waals surface area contributed by atoms with Gasteiger partial charge in [0.05, 0.1) is 12.2 Å². The highest BCUT2D eigenvalue weighted by Gasteiger charge is 2.25. The van der Waals surface area contributed by atoms with Crippen molar-refractivity contribution in [2.45, 2.75) is 45.6 Å². The SMILES string of the molecule is CCN(CC)CC(=O)N1CCc2nc([C@H]3CCCNC3)ncc2C1. The van der Waals surface area contributed by atoms with Crippen LogP contribution in [0.3, 0.4) is 0 Å². The Morgan fingerprint density at radius 1 is 1.42 bits per heavy atom. The molecule has 0 aromatic carbocycles. The Balaban J connectivity index is 1.64. The number of fused-ring (bicyclic) bond motifs is 1. The third-order valence-corrected chi connectivity index (χ3v) is 5.22. The molecule has 3 heterocycles. The predicted octanol–water partition coefficient (Wildman–Crippen LogP) is 1.17. The minimum absolute atomic E-state index is 0.213. The molecule has 0 radical (unpaired) electrons. The number of carbonyl (C=O) groups excluding carboxylic acids is 1. The van der Waals surface area contributed by atoms with Gasteiger partial charge in [0.25, 0.3) is 0 Å². The average Bonchev–Trinajstić information content (AvgIpc) is 2.65. The quantitative estimate of drug-likeness (QED) is 0.878. The lowest BCUT2D eigenvalue weighted by molar-refractivity contribution is -0.133. The van der Waals surface area contributed by atoms with Crippen LogP contribution in [0.4, 0.5) is 0 Å². The summed E-state index contributed by atoms with van der Waals surface area (Å²) in [5.41, 5.74) is 2.25. The molecule has 6 heteroatoms. The van der Waals surface area contributed by atoms with Gasteiger partial charge in [-0.05, 0) is 32.5 Å². The maximum absolute atomic E-state index is 12.5. The van der Waals surface area contributed by atoms with Crippen LogP contribution in [0.1, 0.15) is 49.7 Å². The summed E-state index contributed by atoms with van der Waals surface area (Å²) in [7, 11) is 0. The molecule has 1 fully saturated rings. The summed E-state index contributed by atoms with van der Waals surface area (Å²) in [6.07, 6.45) is 5.15. The van der Waals surface area contributed by atoms with Crippen molar-refractivity contribution in [1.29, 1.82) is 0 Å². The van der Waals surface area contributed by atoms with Crippen LogP contribution in [0, 0.1) is 0 Å². The Morgan fingerprint density at radius 2 is 2.25 bits per heavy atom. The number of aromatic nitrogens is 2. The number of nitrogens with zero attached hydrogens (tertiary/aromatic N) is 4. The largest absolute Gasteiger partial charge is 0.337 e. The molecule has 2 aliphatic rings. The van der Waals surface area contributed by atoms with E-state index in [-0.39, 0.29) is 5.91 Å². The van der Waals surface area contributed by atoms with Gasteiger partial charge in [-0.1, -0.05) is 13.8 Å². The normalized spacial score (nSPS) is 21.0. The molecule has 1 N–H and O–H groups in total. The molecule has 0 saturated carbocycles. The second kappa shape index (κ2) is 8.03. The van der Waals surface area contributed by atoms with Crippen LogP contribution >= 0.6 is 0 Å². The minimum atomic E-state index is 0.213. The number of nitrogens with one attached hydrogen (secondary N) is 1. The summed E-state index contributed by atoms with van der Waals surface area (Å²) < 4.78 is 0. The monoisotopic (exact) mass is 331 g/mol. The second-order valence-electron chi connectivity index (χ2n) is 6.77. The highest BCUT2D eigenvalue weighted by molar-refractivity contribution is 5.78. The lowest BCUT2D eigenvalue weighted by Gasteiger charge is -2.31. The molecular weight excluding hydrogens is 302 g/mol. The topological polar surface area (TPSA) is 61.4 Å². The second-order valence-corrected chi connectivity index (χ2v) is 6.77. The van der Waals surface area contributed by atoms with Crippen LogP contribution < -0.4 is 5.32 Å². The van der Waals surface area contributed by atoms with Gasteiger partial charge in [0.2, 0.25) is 5.91 Å². The van der Waals surface area contributed by atoms with Gasteiger partial charge in [-0.25, -0.2) is 9.97 Å². The number of rotatable bonds is 5. The molecule has 1 aromatic heterocycles. The highest BCUT2D eigenvalue weighted by atomic mass is 16.2. The van der Waals surface area contributed by atoms with Crippen molar-refractivity contribution >= 4 is 5.91 Å². The molecule has 0 spiro atoms. The lowest BCUT2D eigenvalue weighted by Crippen LogP contribution is -2.43. The first kappa shape index (κ1) is 17.3. The summed E-state index contributed by atoms with van der Waals surface area (Å²) in [6, 6.07) is 0. The fourth-order valence-corrected chi connectivity index (χ4v) is 3.55.